The molecular formula is C26H21FN6O2. The quantitative estimate of drug-likeness (QED) is 0.494. The number of halogens is 1. The predicted molar refractivity (Wildman–Crippen MR) is 129 cm³/mol. The molecule has 1 amide bonds. The van der Waals surface area contributed by atoms with Crippen LogP contribution >= 0.6 is 0 Å². The average Bonchev–Trinajstić information content (AvgIpc) is 2.90. The van der Waals surface area contributed by atoms with Gasteiger partial charge in [-0.1, -0.05) is 12.1 Å². The second-order valence-corrected chi connectivity index (χ2v) is 8.36. The fraction of sp³-hybridized carbons (Fsp3) is 0.192. The molecule has 5 rings (SSSR count). The van der Waals surface area contributed by atoms with Gasteiger partial charge in [0.25, 0.3) is 11.5 Å². The van der Waals surface area contributed by atoms with Crippen molar-refractivity contribution in [2.45, 2.75) is 6.42 Å². The molecular weight excluding hydrogens is 447 g/mol. The van der Waals surface area contributed by atoms with Crippen LogP contribution in [-0.2, 0) is 6.42 Å². The number of carbonyl (C=O) groups is 1. The van der Waals surface area contributed by atoms with E-state index >= 15 is 0 Å². The van der Waals surface area contributed by atoms with E-state index < -0.39 is 5.82 Å². The van der Waals surface area contributed by atoms with Crippen molar-refractivity contribution in [2.75, 3.05) is 31.1 Å². The lowest BCUT2D eigenvalue weighted by Crippen LogP contribution is -2.49. The van der Waals surface area contributed by atoms with E-state index in [2.05, 4.69) is 26.2 Å². The number of aromatic nitrogens is 3. The minimum Gasteiger partial charge on any atom is -0.353 e. The van der Waals surface area contributed by atoms with Gasteiger partial charge in [-0.15, -0.1) is 0 Å². The Morgan fingerprint density at radius 2 is 1.89 bits per heavy atom. The number of nitriles is 1. The second-order valence-electron chi connectivity index (χ2n) is 8.36. The normalized spacial score (nSPS) is 13.6. The van der Waals surface area contributed by atoms with Crippen LogP contribution in [0.15, 0.2) is 65.6 Å². The first-order chi connectivity index (χ1) is 17.0. The highest BCUT2D eigenvalue weighted by Gasteiger charge is 2.23. The molecule has 0 bridgehead atoms. The third-order valence-corrected chi connectivity index (χ3v) is 6.14. The number of hydrogen-bond donors (Lipinski definition) is 1. The lowest BCUT2D eigenvalue weighted by atomic mass is 10.0. The molecule has 174 valence electrons. The van der Waals surface area contributed by atoms with Gasteiger partial charge in [-0.3, -0.25) is 9.59 Å². The zero-order chi connectivity index (χ0) is 24.4. The number of hydrogen-bond acceptors (Lipinski definition) is 6. The summed E-state index contributed by atoms with van der Waals surface area (Å²) in [7, 11) is 0. The van der Waals surface area contributed by atoms with Crippen molar-refractivity contribution < 1.29 is 9.18 Å². The first-order valence-corrected chi connectivity index (χ1v) is 11.2. The Morgan fingerprint density at radius 3 is 2.63 bits per heavy atom. The number of H-pyrrole nitrogens is 1. The number of piperazine rings is 1. The topological polar surface area (TPSA) is 106 Å². The Balaban J connectivity index is 1.30. The van der Waals surface area contributed by atoms with Crippen molar-refractivity contribution >= 4 is 22.5 Å². The van der Waals surface area contributed by atoms with Crippen molar-refractivity contribution in [2.24, 2.45) is 0 Å². The fourth-order valence-corrected chi connectivity index (χ4v) is 4.29. The van der Waals surface area contributed by atoms with Crippen molar-refractivity contribution in [3.8, 4) is 6.07 Å². The van der Waals surface area contributed by atoms with E-state index in [-0.39, 0.29) is 11.5 Å². The van der Waals surface area contributed by atoms with Crippen LogP contribution in [-0.4, -0.2) is 52.2 Å². The van der Waals surface area contributed by atoms with Gasteiger partial charge in [0.05, 0.1) is 16.6 Å². The summed E-state index contributed by atoms with van der Waals surface area (Å²) in [5.74, 6) is 0.283. The summed E-state index contributed by atoms with van der Waals surface area (Å²) in [6.07, 6.45) is 1.89. The molecule has 1 aliphatic heterocycles. The summed E-state index contributed by atoms with van der Waals surface area (Å²) in [5, 5.41) is 16.4. The van der Waals surface area contributed by atoms with E-state index in [4.69, 9.17) is 5.26 Å². The Hall–Kier alpha value is -4.58. The highest BCUT2D eigenvalue weighted by Crippen LogP contribution is 2.20. The maximum atomic E-state index is 13.8. The summed E-state index contributed by atoms with van der Waals surface area (Å²) in [6, 6.07) is 16.9. The molecule has 1 aliphatic rings. The number of benzene rings is 2. The smallest absolute Gasteiger partial charge is 0.272 e. The molecule has 8 nitrogen and oxygen atoms in total. The molecule has 2 aromatic carbocycles. The predicted octanol–water partition coefficient (Wildman–Crippen LogP) is 2.88. The molecule has 0 unspecified atom stereocenters. The van der Waals surface area contributed by atoms with Crippen molar-refractivity contribution in [3.05, 3.63) is 99.3 Å². The van der Waals surface area contributed by atoms with Crippen molar-refractivity contribution in [1.29, 1.82) is 5.26 Å². The minimum absolute atomic E-state index is 0.0652. The van der Waals surface area contributed by atoms with Gasteiger partial charge in [-0.2, -0.15) is 10.4 Å². The number of aromatic amines is 1. The van der Waals surface area contributed by atoms with E-state index in [0.717, 1.165) is 11.4 Å². The highest BCUT2D eigenvalue weighted by molar-refractivity contribution is 5.94. The number of nitrogens with one attached hydrogen (secondary N) is 1. The third-order valence-electron chi connectivity index (χ3n) is 6.14. The number of carbonyl (C=O) groups excluding carboxylic acids is 1. The van der Waals surface area contributed by atoms with Gasteiger partial charge in [0.2, 0.25) is 0 Å². The van der Waals surface area contributed by atoms with Gasteiger partial charge >= 0.3 is 0 Å². The van der Waals surface area contributed by atoms with Gasteiger partial charge in [-0.05, 0) is 48.0 Å². The summed E-state index contributed by atoms with van der Waals surface area (Å²) in [4.78, 5) is 33.5. The zero-order valence-electron chi connectivity index (χ0n) is 18.7. The molecule has 0 saturated carbocycles. The summed E-state index contributed by atoms with van der Waals surface area (Å²) in [6.45, 7) is 2.39. The maximum Gasteiger partial charge on any atom is 0.272 e. The number of anilines is 1. The largest absolute Gasteiger partial charge is 0.353 e. The van der Waals surface area contributed by atoms with Crippen LogP contribution in [0.5, 0.6) is 0 Å². The molecule has 4 aromatic rings. The summed E-state index contributed by atoms with van der Waals surface area (Å²) < 4.78 is 13.8. The Morgan fingerprint density at radius 1 is 1.06 bits per heavy atom. The molecule has 0 atom stereocenters. The first kappa shape index (κ1) is 22.2. The fourth-order valence-electron chi connectivity index (χ4n) is 4.29. The van der Waals surface area contributed by atoms with E-state index in [1.54, 1.807) is 18.3 Å². The average molecular weight is 468 g/mol. The number of amides is 1. The van der Waals surface area contributed by atoms with Crippen molar-refractivity contribution in [1.82, 2.24) is 20.1 Å². The maximum absolute atomic E-state index is 13.8. The number of nitrogens with zero attached hydrogens (tertiary/aromatic N) is 5. The van der Waals surface area contributed by atoms with Crippen LogP contribution in [0.1, 0.15) is 27.2 Å². The Bertz CT molecular complexity index is 1500. The van der Waals surface area contributed by atoms with Crippen LogP contribution in [0.3, 0.4) is 0 Å². The van der Waals surface area contributed by atoms with E-state index in [1.807, 2.05) is 29.2 Å². The highest BCUT2D eigenvalue weighted by atomic mass is 19.1. The zero-order valence-corrected chi connectivity index (χ0v) is 18.7. The molecule has 0 radical (unpaired) electrons. The van der Waals surface area contributed by atoms with Crippen LogP contribution in [0.4, 0.5) is 10.2 Å². The Kier molecular flexibility index (Phi) is 5.94. The molecule has 1 N–H and O–H groups in total. The monoisotopic (exact) mass is 468 g/mol. The number of pyridine rings is 1. The summed E-state index contributed by atoms with van der Waals surface area (Å²) in [5.41, 5.74) is 2.07. The lowest BCUT2D eigenvalue weighted by Gasteiger charge is -2.35. The molecule has 0 aliphatic carbocycles. The number of rotatable bonds is 4. The minimum atomic E-state index is -0.439. The van der Waals surface area contributed by atoms with Crippen LogP contribution in [0.2, 0.25) is 0 Å². The number of fused-ring (bicyclic) bond motifs is 1. The standard InChI is InChI=1S/C26H21FN6O2/c27-20-5-6-21-22(14-20)23(30-31-25(21)34)13-17-2-1-3-19(12-17)26(35)33-10-8-32(9-11-33)24-7-4-18(15-28)16-29-24/h1-7,12,14,16H,8-11,13H2,(H,31,34). The van der Waals surface area contributed by atoms with E-state index in [1.165, 1.54) is 18.2 Å². The van der Waals surface area contributed by atoms with Gasteiger partial charge < -0.3 is 9.80 Å². The van der Waals surface area contributed by atoms with Crippen LogP contribution < -0.4 is 10.5 Å². The SMILES string of the molecule is N#Cc1ccc(N2CCN(C(=O)c3cccc(Cc4n[nH]c(=O)c5ccc(F)cc45)c3)CC2)nc1. The molecule has 3 heterocycles. The Labute approximate surface area is 200 Å². The van der Waals surface area contributed by atoms with Crippen LogP contribution in [0.25, 0.3) is 10.8 Å². The molecule has 2 aromatic heterocycles. The molecule has 0 spiro atoms. The van der Waals surface area contributed by atoms with Crippen molar-refractivity contribution in [3.63, 3.8) is 0 Å². The van der Waals surface area contributed by atoms with E-state index in [9.17, 15) is 14.0 Å². The van der Waals surface area contributed by atoms with Crippen LogP contribution in [0, 0.1) is 17.1 Å². The molecule has 35 heavy (non-hydrogen) atoms. The molecule has 1 fully saturated rings. The first-order valence-electron chi connectivity index (χ1n) is 11.2. The van der Waals surface area contributed by atoms with Gasteiger partial charge in [0, 0.05) is 49.7 Å². The lowest BCUT2D eigenvalue weighted by molar-refractivity contribution is 0.0746. The van der Waals surface area contributed by atoms with Gasteiger partial charge in [0.15, 0.2) is 0 Å². The second kappa shape index (κ2) is 9.35. The van der Waals surface area contributed by atoms with E-state index in [0.29, 0.717) is 60.2 Å². The van der Waals surface area contributed by atoms with Gasteiger partial charge in [0.1, 0.15) is 17.7 Å². The molecule has 1 saturated heterocycles. The summed E-state index contributed by atoms with van der Waals surface area (Å²) >= 11 is 0. The van der Waals surface area contributed by atoms with Gasteiger partial charge in [-0.25, -0.2) is 14.5 Å². The third kappa shape index (κ3) is 4.59. The molecule has 9 heteroatoms.